The molecule has 0 amide bonds. The minimum Gasteiger partial charge on any atom is -0.489 e. The van der Waals surface area contributed by atoms with Crippen LogP contribution in [0.4, 0.5) is 4.39 Å². The number of halogens is 1. The quantitative estimate of drug-likeness (QED) is 0.526. The first kappa shape index (κ1) is 22.8. The Morgan fingerprint density at radius 2 is 1.77 bits per heavy atom. The first-order chi connectivity index (χ1) is 14.5. The molecule has 1 unspecified atom stereocenters. The summed E-state index contributed by atoms with van der Waals surface area (Å²) in [6, 6.07) is 6.14. The van der Waals surface area contributed by atoms with Crippen LogP contribution in [0.25, 0.3) is 0 Å². The fourth-order valence-corrected chi connectivity index (χ4v) is 4.50. The van der Waals surface area contributed by atoms with Gasteiger partial charge in [0.15, 0.2) is 5.96 Å². The summed E-state index contributed by atoms with van der Waals surface area (Å²) >= 11 is 0. The SMILES string of the molecule is CN=C(NCC(C)Oc1ccc(F)cc1)NCC1(N2CCCCC2)CCN(C)CC1. The molecule has 2 N–H and O–H groups in total. The van der Waals surface area contributed by atoms with Gasteiger partial charge >= 0.3 is 0 Å². The standard InChI is InChI=1S/C23H38FN5O/c1-19(30-21-9-7-20(24)8-10-21)17-26-22(25-2)27-18-23(11-15-28(3)16-12-23)29-13-5-4-6-14-29/h7-10,19H,4-6,11-18H2,1-3H3,(H2,25,26,27). The number of hydrogen-bond donors (Lipinski definition) is 2. The van der Waals surface area contributed by atoms with Gasteiger partial charge in [-0.05, 0) is 90.1 Å². The summed E-state index contributed by atoms with van der Waals surface area (Å²) < 4.78 is 18.9. The van der Waals surface area contributed by atoms with Crippen LogP contribution in [0.5, 0.6) is 5.75 Å². The molecule has 2 saturated heterocycles. The molecule has 2 aliphatic heterocycles. The molecule has 0 bridgehead atoms. The highest BCUT2D eigenvalue weighted by Gasteiger charge is 2.39. The van der Waals surface area contributed by atoms with Crippen molar-refractivity contribution in [1.29, 1.82) is 0 Å². The van der Waals surface area contributed by atoms with Crippen molar-refractivity contribution in [3.05, 3.63) is 30.1 Å². The molecule has 7 heteroatoms. The summed E-state index contributed by atoms with van der Waals surface area (Å²) in [5.74, 6) is 1.22. The number of guanidine groups is 1. The molecule has 2 heterocycles. The van der Waals surface area contributed by atoms with Crippen molar-refractivity contribution in [2.75, 3.05) is 53.4 Å². The van der Waals surface area contributed by atoms with Gasteiger partial charge in [0.1, 0.15) is 17.7 Å². The third-order valence-electron chi connectivity index (χ3n) is 6.46. The number of ether oxygens (including phenoxy) is 1. The van der Waals surface area contributed by atoms with Crippen molar-refractivity contribution in [2.45, 2.75) is 50.7 Å². The molecule has 30 heavy (non-hydrogen) atoms. The van der Waals surface area contributed by atoms with Gasteiger partial charge in [-0.2, -0.15) is 0 Å². The summed E-state index contributed by atoms with van der Waals surface area (Å²) in [6.45, 7) is 8.24. The Morgan fingerprint density at radius 1 is 1.10 bits per heavy atom. The summed E-state index contributed by atoms with van der Waals surface area (Å²) in [7, 11) is 4.03. The summed E-state index contributed by atoms with van der Waals surface area (Å²) in [5, 5.41) is 6.97. The third-order valence-corrected chi connectivity index (χ3v) is 6.46. The lowest BCUT2D eigenvalue weighted by atomic mass is 9.84. The number of aliphatic imine (C=N–C) groups is 1. The van der Waals surface area contributed by atoms with Gasteiger partial charge in [0.2, 0.25) is 0 Å². The lowest BCUT2D eigenvalue weighted by Gasteiger charge is -2.50. The van der Waals surface area contributed by atoms with Gasteiger partial charge in [0.05, 0.1) is 6.54 Å². The van der Waals surface area contributed by atoms with Crippen molar-refractivity contribution in [2.24, 2.45) is 4.99 Å². The number of benzene rings is 1. The number of piperidine rings is 2. The Labute approximate surface area is 180 Å². The molecule has 6 nitrogen and oxygen atoms in total. The van der Waals surface area contributed by atoms with Crippen LogP contribution in [0.1, 0.15) is 39.0 Å². The third kappa shape index (κ3) is 6.32. The van der Waals surface area contributed by atoms with Crippen LogP contribution in [0.15, 0.2) is 29.3 Å². The summed E-state index contributed by atoms with van der Waals surface area (Å²) in [5.41, 5.74) is 0.209. The van der Waals surface area contributed by atoms with Crippen molar-refractivity contribution < 1.29 is 9.13 Å². The highest BCUT2D eigenvalue weighted by atomic mass is 19.1. The number of nitrogens with one attached hydrogen (secondary N) is 2. The zero-order chi connectivity index (χ0) is 21.4. The topological polar surface area (TPSA) is 52.1 Å². The van der Waals surface area contributed by atoms with Crippen molar-refractivity contribution in [3.8, 4) is 5.75 Å². The average Bonchev–Trinajstić information content (AvgIpc) is 2.77. The number of nitrogens with zero attached hydrogens (tertiary/aromatic N) is 3. The van der Waals surface area contributed by atoms with Crippen LogP contribution in [0.2, 0.25) is 0 Å². The molecule has 168 valence electrons. The summed E-state index contributed by atoms with van der Waals surface area (Å²) in [4.78, 5) is 9.58. The second kappa shape index (κ2) is 11.0. The maximum absolute atomic E-state index is 13.1. The van der Waals surface area contributed by atoms with E-state index in [4.69, 9.17) is 4.74 Å². The monoisotopic (exact) mass is 419 g/mol. The molecule has 2 aliphatic rings. The largest absolute Gasteiger partial charge is 0.489 e. The molecular weight excluding hydrogens is 381 g/mol. The fourth-order valence-electron chi connectivity index (χ4n) is 4.50. The molecule has 0 saturated carbocycles. The Balaban J connectivity index is 1.51. The summed E-state index contributed by atoms with van der Waals surface area (Å²) in [6.07, 6.45) is 6.30. The number of rotatable bonds is 7. The van der Waals surface area contributed by atoms with E-state index in [-0.39, 0.29) is 17.5 Å². The van der Waals surface area contributed by atoms with Gasteiger partial charge in [0.25, 0.3) is 0 Å². The lowest BCUT2D eigenvalue weighted by molar-refractivity contribution is 0.0173. The van der Waals surface area contributed by atoms with Crippen molar-refractivity contribution in [3.63, 3.8) is 0 Å². The van der Waals surface area contributed by atoms with E-state index in [1.54, 1.807) is 12.1 Å². The van der Waals surface area contributed by atoms with Crippen molar-refractivity contribution in [1.82, 2.24) is 20.4 Å². The van der Waals surface area contributed by atoms with Crippen molar-refractivity contribution >= 4 is 5.96 Å². The average molecular weight is 420 g/mol. The molecule has 0 spiro atoms. The normalized spacial score (nSPS) is 21.8. The maximum Gasteiger partial charge on any atom is 0.191 e. The van der Waals surface area contributed by atoms with Gasteiger partial charge in [-0.25, -0.2) is 4.39 Å². The van der Waals surface area contributed by atoms with Crippen LogP contribution in [-0.2, 0) is 0 Å². The molecule has 0 aromatic heterocycles. The highest BCUT2D eigenvalue weighted by Crippen LogP contribution is 2.30. The minimum absolute atomic E-state index is 0.0617. The number of hydrogen-bond acceptors (Lipinski definition) is 4. The second-order valence-electron chi connectivity index (χ2n) is 8.76. The molecule has 1 aromatic rings. The first-order valence-electron chi connectivity index (χ1n) is 11.3. The first-order valence-corrected chi connectivity index (χ1v) is 11.3. The molecule has 2 fully saturated rings. The number of likely N-dealkylation sites (tertiary alicyclic amines) is 2. The van der Waals surface area contributed by atoms with Gasteiger partial charge in [0, 0.05) is 19.1 Å². The van der Waals surface area contributed by atoms with Gasteiger partial charge in [-0.3, -0.25) is 9.89 Å². The Hall–Kier alpha value is -1.86. The highest BCUT2D eigenvalue weighted by molar-refractivity contribution is 5.79. The van der Waals surface area contributed by atoms with Crippen LogP contribution in [-0.4, -0.2) is 80.8 Å². The van der Waals surface area contributed by atoms with E-state index in [1.165, 1.54) is 57.3 Å². The van der Waals surface area contributed by atoms with E-state index in [9.17, 15) is 4.39 Å². The smallest absolute Gasteiger partial charge is 0.191 e. The molecule has 1 aromatic carbocycles. The van der Waals surface area contributed by atoms with E-state index in [0.717, 1.165) is 25.6 Å². The van der Waals surface area contributed by atoms with Gasteiger partial charge < -0.3 is 20.3 Å². The van der Waals surface area contributed by atoms with E-state index >= 15 is 0 Å². The fraction of sp³-hybridized carbons (Fsp3) is 0.696. The minimum atomic E-state index is -0.255. The zero-order valence-corrected chi connectivity index (χ0v) is 18.8. The molecule has 1 atom stereocenters. The molecular formula is C23H38FN5O. The molecule has 0 aliphatic carbocycles. The Morgan fingerprint density at radius 3 is 2.40 bits per heavy atom. The maximum atomic E-state index is 13.1. The van der Waals surface area contributed by atoms with E-state index in [1.807, 2.05) is 14.0 Å². The van der Waals surface area contributed by atoms with Crippen LogP contribution >= 0.6 is 0 Å². The van der Waals surface area contributed by atoms with E-state index < -0.39 is 0 Å². The van der Waals surface area contributed by atoms with E-state index in [0.29, 0.717) is 12.3 Å². The van der Waals surface area contributed by atoms with Gasteiger partial charge in [-0.15, -0.1) is 0 Å². The lowest BCUT2D eigenvalue weighted by Crippen LogP contribution is -2.62. The van der Waals surface area contributed by atoms with Crippen LogP contribution in [0, 0.1) is 5.82 Å². The van der Waals surface area contributed by atoms with Gasteiger partial charge in [-0.1, -0.05) is 6.42 Å². The van der Waals surface area contributed by atoms with Crippen LogP contribution in [0.3, 0.4) is 0 Å². The van der Waals surface area contributed by atoms with E-state index in [2.05, 4.69) is 32.5 Å². The second-order valence-corrected chi connectivity index (χ2v) is 8.76. The Bertz CT molecular complexity index is 667. The molecule has 3 rings (SSSR count). The zero-order valence-electron chi connectivity index (χ0n) is 18.8. The molecule has 0 radical (unpaired) electrons. The predicted molar refractivity (Wildman–Crippen MR) is 121 cm³/mol. The van der Waals surface area contributed by atoms with Crippen LogP contribution < -0.4 is 15.4 Å². The Kier molecular flexibility index (Phi) is 8.33. The predicted octanol–water partition coefficient (Wildman–Crippen LogP) is 2.71.